The third-order valence-electron chi connectivity index (χ3n) is 2.96. The summed E-state index contributed by atoms with van der Waals surface area (Å²) in [5, 5.41) is 0. The summed E-state index contributed by atoms with van der Waals surface area (Å²) in [4.78, 5) is 7.24. The van der Waals surface area contributed by atoms with Gasteiger partial charge in [-0.05, 0) is 36.8 Å². The molecule has 1 heterocycles. The lowest BCUT2D eigenvalue weighted by Gasteiger charge is -2.20. The average Bonchev–Trinajstić information content (AvgIpc) is 2.88. The molecule has 3 N–H and O–H groups in total. The molecule has 22 heavy (non-hydrogen) atoms. The predicted molar refractivity (Wildman–Crippen MR) is 74.1 cm³/mol. The van der Waals surface area contributed by atoms with E-state index in [2.05, 4.69) is 14.7 Å². The highest BCUT2D eigenvalue weighted by molar-refractivity contribution is 5.59. The van der Waals surface area contributed by atoms with E-state index in [1.807, 2.05) is 0 Å². The Balaban J connectivity index is 2.18. The number of halogens is 3. The van der Waals surface area contributed by atoms with E-state index >= 15 is 0 Å². The Hall–Kier alpha value is -2.06. The van der Waals surface area contributed by atoms with Gasteiger partial charge in [-0.3, -0.25) is 0 Å². The van der Waals surface area contributed by atoms with E-state index in [9.17, 15) is 13.2 Å². The van der Waals surface area contributed by atoms with Crippen LogP contribution in [0.5, 0.6) is 5.75 Å². The Labute approximate surface area is 125 Å². The summed E-state index contributed by atoms with van der Waals surface area (Å²) in [6.07, 6.45) is -3.14. The van der Waals surface area contributed by atoms with Crippen LogP contribution in [-0.2, 0) is 10.3 Å². The lowest BCUT2D eigenvalue weighted by atomic mass is 10.1. The summed E-state index contributed by atoms with van der Waals surface area (Å²) in [5.74, 6) is 0.249. The zero-order chi connectivity index (χ0) is 16.4. The molecule has 0 aliphatic carbocycles. The maximum Gasteiger partial charge on any atom is 0.573 e. The summed E-state index contributed by atoms with van der Waals surface area (Å²) < 4.78 is 45.2. The topological polar surface area (TPSA) is 73.2 Å². The molecule has 0 saturated carbocycles. The minimum atomic E-state index is -4.70. The number of nitrogens with one attached hydrogen (secondary N) is 1. The molecule has 0 aliphatic rings. The number of nitrogens with zero attached hydrogens (tertiary/aromatic N) is 1. The molecule has 2 aromatic rings. The lowest BCUT2D eigenvalue weighted by molar-refractivity contribution is -0.274. The van der Waals surface area contributed by atoms with Crippen LogP contribution < -0.4 is 10.5 Å². The number of hydrogen-bond donors (Lipinski definition) is 2. The first-order chi connectivity index (χ1) is 10.2. The van der Waals surface area contributed by atoms with Crippen LogP contribution in [0, 0.1) is 0 Å². The van der Waals surface area contributed by atoms with Gasteiger partial charge in [-0.2, -0.15) is 0 Å². The largest absolute Gasteiger partial charge is 0.573 e. The van der Waals surface area contributed by atoms with Crippen molar-refractivity contribution in [2.24, 2.45) is 5.73 Å². The molecule has 2 rings (SSSR count). The number of ether oxygens (including phenoxy) is 2. The van der Waals surface area contributed by atoms with E-state index in [-0.39, 0.29) is 12.4 Å². The quantitative estimate of drug-likeness (QED) is 0.890. The van der Waals surface area contributed by atoms with Crippen molar-refractivity contribution < 1.29 is 22.6 Å². The zero-order valence-corrected chi connectivity index (χ0v) is 12.1. The van der Waals surface area contributed by atoms with E-state index in [0.717, 1.165) is 0 Å². The van der Waals surface area contributed by atoms with Gasteiger partial charge in [-0.25, -0.2) is 4.98 Å². The summed E-state index contributed by atoms with van der Waals surface area (Å²) in [6, 6.07) is 5.48. The lowest BCUT2D eigenvalue weighted by Crippen LogP contribution is -2.38. The number of methoxy groups -OCH3 is 1. The first-order valence-corrected chi connectivity index (χ1v) is 6.41. The second kappa shape index (κ2) is 5.98. The van der Waals surface area contributed by atoms with Crippen LogP contribution in [0.3, 0.4) is 0 Å². The monoisotopic (exact) mass is 315 g/mol. The molecular weight excluding hydrogens is 299 g/mol. The number of benzene rings is 1. The maximum absolute atomic E-state index is 12.1. The highest BCUT2D eigenvalue weighted by Crippen LogP contribution is 2.26. The SMILES string of the molecule is COC[C@@](C)(N)c1ncc(-c2ccc(OC(F)(F)F)cc2)[nH]1. The normalized spacial score (nSPS) is 14.6. The van der Waals surface area contributed by atoms with Crippen molar-refractivity contribution >= 4 is 0 Å². The highest BCUT2D eigenvalue weighted by atomic mass is 19.4. The van der Waals surface area contributed by atoms with Gasteiger partial charge in [-0.1, -0.05) is 0 Å². The zero-order valence-electron chi connectivity index (χ0n) is 12.1. The number of H-pyrrole nitrogens is 1. The van der Waals surface area contributed by atoms with Gasteiger partial charge < -0.3 is 20.2 Å². The molecule has 5 nitrogen and oxygen atoms in total. The summed E-state index contributed by atoms with van der Waals surface area (Å²) in [7, 11) is 1.54. The van der Waals surface area contributed by atoms with Gasteiger partial charge in [0, 0.05) is 7.11 Å². The van der Waals surface area contributed by atoms with Crippen molar-refractivity contribution in [2.45, 2.75) is 18.8 Å². The fourth-order valence-corrected chi connectivity index (χ4v) is 1.96. The molecular formula is C14H16F3N3O2. The summed E-state index contributed by atoms with van der Waals surface area (Å²) in [5.41, 5.74) is 6.59. The smallest absolute Gasteiger partial charge is 0.406 e. The highest BCUT2D eigenvalue weighted by Gasteiger charge is 2.31. The van der Waals surface area contributed by atoms with Crippen LogP contribution in [0.1, 0.15) is 12.7 Å². The second-order valence-electron chi connectivity index (χ2n) is 5.07. The third kappa shape index (κ3) is 3.99. The molecule has 1 aromatic carbocycles. The summed E-state index contributed by atoms with van der Waals surface area (Å²) in [6.45, 7) is 2.04. The molecule has 0 spiro atoms. The van der Waals surface area contributed by atoms with Gasteiger partial charge in [0.15, 0.2) is 0 Å². The molecule has 0 saturated heterocycles. The van der Waals surface area contributed by atoms with Gasteiger partial charge in [-0.15, -0.1) is 13.2 Å². The first-order valence-electron chi connectivity index (χ1n) is 6.41. The van der Waals surface area contributed by atoms with Gasteiger partial charge in [0.2, 0.25) is 0 Å². The van der Waals surface area contributed by atoms with Gasteiger partial charge >= 0.3 is 6.36 Å². The van der Waals surface area contributed by atoms with Crippen molar-refractivity contribution in [2.75, 3.05) is 13.7 Å². The van der Waals surface area contributed by atoms with Crippen molar-refractivity contribution in [1.29, 1.82) is 0 Å². The molecule has 120 valence electrons. The minimum absolute atomic E-state index is 0.276. The fraction of sp³-hybridized carbons (Fsp3) is 0.357. The number of aromatic nitrogens is 2. The number of nitrogens with two attached hydrogens (primary N) is 1. The maximum atomic E-state index is 12.1. The molecule has 1 atom stereocenters. The van der Waals surface area contributed by atoms with Gasteiger partial charge in [0.25, 0.3) is 0 Å². The number of aromatic amines is 1. The average molecular weight is 315 g/mol. The number of alkyl halides is 3. The van der Waals surface area contributed by atoms with Crippen LogP contribution in [0.2, 0.25) is 0 Å². The molecule has 1 aromatic heterocycles. The van der Waals surface area contributed by atoms with Crippen molar-refractivity contribution in [3.8, 4) is 17.0 Å². The minimum Gasteiger partial charge on any atom is -0.406 e. The third-order valence-corrected chi connectivity index (χ3v) is 2.96. The Morgan fingerprint density at radius 2 is 1.86 bits per heavy atom. The van der Waals surface area contributed by atoms with Crippen LogP contribution in [0.25, 0.3) is 11.3 Å². The molecule has 0 bridgehead atoms. The first kappa shape index (κ1) is 16.3. The van der Waals surface area contributed by atoms with E-state index < -0.39 is 11.9 Å². The van der Waals surface area contributed by atoms with Crippen LogP contribution in [0.15, 0.2) is 30.5 Å². The molecule has 0 radical (unpaired) electrons. The van der Waals surface area contributed by atoms with Gasteiger partial charge in [0.1, 0.15) is 11.6 Å². The predicted octanol–water partition coefficient (Wildman–Crippen LogP) is 2.80. The molecule has 0 amide bonds. The van der Waals surface area contributed by atoms with E-state index in [4.69, 9.17) is 10.5 Å². The molecule has 0 aliphatic heterocycles. The Bertz CT molecular complexity index is 621. The number of rotatable bonds is 5. The molecule has 0 fully saturated rings. The van der Waals surface area contributed by atoms with E-state index in [1.54, 1.807) is 13.1 Å². The van der Waals surface area contributed by atoms with Gasteiger partial charge in [0.05, 0.1) is 24.0 Å². The van der Waals surface area contributed by atoms with Crippen molar-refractivity contribution in [3.05, 3.63) is 36.3 Å². The Morgan fingerprint density at radius 3 is 2.41 bits per heavy atom. The van der Waals surface area contributed by atoms with Crippen molar-refractivity contribution in [3.63, 3.8) is 0 Å². The van der Waals surface area contributed by atoms with Crippen LogP contribution in [-0.4, -0.2) is 30.0 Å². The Morgan fingerprint density at radius 1 is 1.23 bits per heavy atom. The second-order valence-corrected chi connectivity index (χ2v) is 5.07. The van der Waals surface area contributed by atoms with Crippen LogP contribution in [0.4, 0.5) is 13.2 Å². The molecule has 8 heteroatoms. The Kier molecular flexibility index (Phi) is 4.43. The number of imidazole rings is 1. The molecule has 0 unspecified atom stereocenters. The summed E-state index contributed by atoms with van der Waals surface area (Å²) >= 11 is 0. The van der Waals surface area contributed by atoms with Crippen LogP contribution >= 0.6 is 0 Å². The fourth-order valence-electron chi connectivity index (χ4n) is 1.96. The van der Waals surface area contributed by atoms with Crippen molar-refractivity contribution in [1.82, 2.24) is 9.97 Å². The standard InChI is InChI=1S/C14H16F3N3O2/c1-13(18,8-21-2)12-19-7-11(20-12)9-3-5-10(6-4-9)22-14(15,16)17/h3-7H,8,18H2,1-2H3,(H,19,20)/t13-/m1/s1. The van der Waals surface area contributed by atoms with E-state index in [0.29, 0.717) is 17.1 Å². The van der Waals surface area contributed by atoms with E-state index in [1.165, 1.54) is 31.4 Å². The number of hydrogen-bond acceptors (Lipinski definition) is 4.